The number of nitrogens with zero attached hydrogens (tertiary/aromatic N) is 3. The second-order valence-corrected chi connectivity index (χ2v) is 10.4. The number of rotatable bonds is 6. The van der Waals surface area contributed by atoms with Crippen LogP contribution in [0.15, 0.2) is 60.8 Å². The maximum Gasteiger partial charge on any atom is 0.354 e. The maximum absolute atomic E-state index is 12.3. The van der Waals surface area contributed by atoms with Crippen LogP contribution in [-0.4, -0.2) is 39.8 Å². The van der Waals surface area contributed by atoms with Crippen LogP contribution in [0.4, 0.5) is 5.82 Å². The van der Waals surface area contributed by atoms with Crippen molar-refractivity contribution in [3.05, 3.63) is 71.5 Å². The Balaban J connectivity index is 1.34. The number of benzene rings is 2. The highest BCUT2D eigenvalue weighted by molar-refractivity contribution is 6.38. The smallest absolute Gasteiger partial charge is 0.354 e. The topological polar surface area (TPSA) is 67.6 Å². The minimum atomic E-state index is -1.07. The molecule has 0 atom stereocenters. The first kappa shape index (κ1) is 23.9. The Morgan fingerprint density at radius 2 is 1.65 bits per heavy atom. The Kier molecular flexibility index (Phi) is 6.51. The number of fused-ring (bicyclic) bond motifs is 1. The molecule has 37 heavy (non-hydrogen) atoms. The molecule has 1 aliphatic heterocycles. The van der Waals surface area contributed by atoms with Crippen molar-refractivity contribution in [3.8, 4) is 22.6 Å². The van der Waals surface area contributed by atoms with E-state index in [9.17, 15) is 9.90 Å². The van der Waals surface area contributed by atoms with Crippen LogP contribution in [0.1, 0.15) is 55.4 Å². The average molecular weight is 516 g/mol. The van der Waals surface area contributed by atoms with Crippen LogP contribution in [0.3, 0.4) is 0 Å². The van der Waals surface area contributed by atoms with Crippen molar-refractivity contribution in [1.82, 2.24) is 9.55 Å². The number of hydrogen-bond acceptors (Lipinski definition) is 4. The lowest BCUT2D eigenvalue weighted by Crippen LogP contribution is -2.29. The SMILES string of the molecule is O=C(O)c1c(Cl)c2cc(-c3ccc(N4CCCCC4)nc3)ccc2n1-c1ccc(OC2CCCC2)cc1. The minimum Gasteiger partial charge on any atom is -0.490 e. The van der Waals surface area contributed by atoms with Crippen molar-refractivity contribution in [1.29, 1.82) is 0 Å². The first-order valence-electron chi connectivity index (χ1n) is 13.1. The normalized spacial score (nSPS) is 16.4. The van der Waals surface area contributed by atoms with E-state index < -0.39 is 5.97 Å². The van der Waals surface area contributed by atoms with Crippen molar-refractivity contribution in [3.63, 3.8) is 0 Å². The van der Waals surface area contributed by atoms with E-state index in [1.165, 1.54) is 32.1 Å². The monoisotopic (exact) mass is 515 g/mol. The molecule has 0 radical (unpaired) electrons. The number of halogens is 1. The summed E-state index contributed by atoms with van der Waals surface area (Å²) in [6, 6.07) is 17.6. The van der Waals surface area contributed by atoms with Gasteiger partial charge >= 0.3 is 5.97 Å². The van der Waals surface area contributed by atoms with Gasteiger partial charge in [0.25, 0.3) is 0 Å². The molecule has 2 aromatic heterocycles. The molecule has 1 saturated heterocycles. The van der Waals surface area contributed by atoms with Crippen molar-refractivity contribution < 1.29 is 14.6 Å². The van der Waals surface area contributed by atoms with Crippen LogP contribution in [-0.2, 0) is 0 Å². The third-order valence-corrected chi connectivity index (χ3v) is 7.95. The lowest BCUT2D eigenvalue weighted by atomic mass is 10.1. The van der Waals surface area contributed by atoms with Gasteiger partial charge in [0.1, 0.15) is 11.6 Å². The van der Waals surface area contributed by atoms with Gasteiger partial charge in [-0.2, -0.15) is 0 Å². The van der Waals surface area contributed by atoms with Crippen molar-refractivity contribution in [2.24, 2.45) is 0 Å². The van der Waals surface area contributed by atoms with Gasteiger partial charge in [0.15, 0.2) is 5.69 Å². The quantitative estimate of drug-likeness (QED) is 0.290. The second-order valence-electron chi connectivity index (χ2n) is 10.0. The van der Waals surface area contributed by atoms with Crippen LogP contribution < -0.4 is 9.64 Å². The number of hydrogen-bond donors (Lipinski definition) is 1. The molecule has 4 aromatic rings. The van der Waals surface area contributed by atoms with Gasteiger partial charge in [0.2, 0.25) is 0 Å². The predicted molar refractivity (Wildman–Crippen MR) is 147 cm³/mol. The fraction of sp³-hybridized carbons (Fsp3) is 0.333. The fourth-order valence-electron chi connectivity index (χ4n) is 5.63. The molecular weight excluding hydrogens is 486 g/mol. The molecule has 2 fully saturated rings. The number of aromatic nitrogens is 2. The van der Waals surface area contributed by atoms with Crippen LogP contribution in [0, 0.1) is 0 Å². The number of piperidine rings is 1. The molecule has 6 rings (SSSR count). The highest BCUT2D eigenvalue weighted by Gasteiger charge is 2.23. The molecule has 3 heterocycles. The number of anilines is 1. The summed E-state index contributed by atoms with van der Waals surface area (Å²) in [7, 11) is 0. The number of aromatic carboxylic acids is 1. The molecule has 1 N–H and O–H groups in total. The Labute approximate surface area is 221 Å². The molecule has 1 aliphatic carbocycles. The van der Waals surface area contributed by atoms with E-state index in [1.807, 2.05) is 48.7 Å². The van der Waals surface area contributed by atoms with Crippen molar-refractivity contribution in [2.45, 2.75) is 51.0 Å². The highest BCUT2D eigenvalue weighted by Crippen LogP contribution is 2.37. The largest absolute Gasteiger partial charge is 0.490 e. The molecule has 0 spiro atoms. The summed E-state index contributed by atoms with van der Waals surface area (Å²) in [5, 5.41) is 11.0. The average Bonchev–Trinajstić information content (AvgIpc) is 3.55. The Morgan fingerprint density at radius 3 is 2.32 bits per heavy atom. The molecule has 0 amide bonds. The summed E-state index contributed by atoms with van der Waals surface area (Å²) in [6.07, 6.45) is 10.4. The molecule has 7 heteroatoms. The van der Waals surface area contributed by atoms with Gasteiger partial charge in [-0.25, -0.2) is 9.78 Å². The molecule has 0 bridgehead atoms. The fourth-order valence-corrected chi connectivity index (χ4v) is 5.95. The first-order chi connectivity index (χ1) is 18.1. The van der Waals surface area contributed by atoms with E-state index in [2.05, 4.69) is 17.0 Å². The summed E-state index contributed by atoms with van der Waals surface area (Å²) in [6.45, 7) is 2.10. The van der Waals surface area contributed by atoms with Crippen LogP contribution in [0.25, 0.3) is 27.7 Å². The molecule has 6 nitrogen and oxygen atoms in total. The van der Waals surface area contributed by atoms with E-state index >= 15 is 0 Å². The summed E-state index contributed by atoms with van der Waals surface area (Å²) >= 11 is 6.69. The lowest BCUT2D eigenvalue weighted by Gasteiger charge is -2.27. The minimum absolute atomic E-state index is 0.0526. The molecule has 0 unspecified atom stereocenters. The molecule has 1 saturated carbocycles. The van der Waals surface area contributed by atoms with Crippen molar-refractivity contribution >= 4 is 34.3 Å². The van der Waals surface area contributed by atoms with Crippen LogP contribution >= 0.6 is 11.6 Å². The van der Waals surface area contributed by atoms with Crippen LogP contribution in [0.5, 0.6) is 5.75 Å². The number of ether oxygens (including phenoxy) is 1. The van der Waals surface area contributed by atoms with E-state index in [-0.39, 0.29) is 16.8 Å². The molecule has 2 aliphatic rings. The third kappa shape index (κ3) is 4.66. The predicted octanol–water partition coefficient (Wildman–Crippen LogP) is 7.36. The van der Waals surface area contributed by atoms with Gasteiger partial charge in [0, 0.05) is 35.9 Å². The highest BCUT2D eigenvalue weighted by atomic mass is 35.5. The number of carboxylic acids is 1. The standard InChI is InChI=1S/C30H30ClN3O3/c31-28-25-18-20(21-9-15-27(32-19-21)33-16-4-1-5-17-33)8-14-26(25)34(29(28)30(35)36)22-10-12-24(13-11-22)37-23-6-2-3-7-23/h8-15,18-19,23H,1-7,16-17H2,(H,35,36). The zero-order chi connectivity index (χ0) is 25.4. The Bertz CT molecular complexity index is 1420. The second kappa shape index (κ2) is 10.1. The summed E-state index contributed by atoms with van der Waals surface area (Å²) in [4.78, 5) is 19.3. The lowest BCUT2D eigenvalue weighted by molar-refractivity contribution is 0.0689. The van der Waals surface area contributed by atoms with Gasteiger partial charge in [-0.3, -0.25) is 0 Å². The zero-order valence-corrected chi connectivity index (χ0v) is 21.5. The first-order valence-corrected chi connectivity index (χ1v) is 13.5. The van der Waals surface area contributed by atoms with Gasteiger partial charge in [-0.05, 0) is 99.0 Å². The number of carboxylic acid groups (broad SMARTS) is 1. The molecule has 190 valence electrons. The molecular formula is C30H30ClN3O3. The van der Waals surface area contributed by atoms with Gasteiger partial charge in [-0.15, -0.1) is 0 Å². The third-order valence-electron chi connectivity index (χ3n) is 7.57. The number of pyridine rings is 1. The maximum atomic E-state index is 12.3. The van der Waals surface area contributed by atoms with Gasteiger partial charge < -0.3 is 19.3 Å². The summed E-state index contributed by atoms with van der Waals surface area (Å²) in [5.74, 6) is 0.738. The van der Waals surface area contributed by atoms with E-state index in [1.54, 1.807) is 4.57 Å². The number of carbonyl (C=O) groups is 1. The summed E-state index contributed by atoms with van der Waals surface area (Å²) < 4.78 is 7.80. The Hall–Kier alpha value is -3.51. The van der Waals surface area contributed by atoms with E-state index in [0.717, 1.165) is 59.8 Å². The van der Waals surface area contributed by atoms with E-state index in [4.69, 9.17) is 21.3 Å². The molecule has 2 aromatic carbocycles. The zero-order valence-electron chi connectivity index (χ0n) is 20.7. The summed E-state index contributed by atoms with van der Waals surface area (Å²) in [5.41, 5.74) is 3.44. The van der Waals surface area contributed by atoms with Gasteiger partial charge in [-0.1, -0.05) is 17.7 Å². The van der Waals surface area contributed by atoms with Gasteiger partial charge in [0.05, 0.1) is 16.6 Å². The Morgan fingerprint density at radius 1 is 0.919 bits per heavy atom. The van der Waals surface area contributed by atoms with E-state index in [0.29, 0.717) is 5.39 Å². The van der Waals surface area contributed by atoms with Crippen molar-refractivity contribution in [2.75, 3.05) is 18.0 Å². The van der Waals surface area contributed by atoms with Crippen LogP contribution in [0.2, 0.25) is 5.02 Å².